The molecular formula is C20H22N2O3S. The Morgan fingerprint density at radius 1 is 1.12 bits per heavy atom. The molecule has 6 heteroatoms. The summed E-state index contributed by atoms with van der Waals surface area (Å²) in [5.41, 5.74) is 2.88. The third-order valence-corrected chi connectivity index (χ3v) is 6.43. The van der Waals surface area contributed by atoms with Crippen LogP contribution in [0, 0.1) is 0 Å². The van der Waals surface area contributed by atoms with Gasteiger partial charge in [0.05, 0.1) is 23.7 Å². The maximum Gasteiger partial charge on any atom is 0.267 e. The van der Waals surface area contributed by atoms with E-state index in [1.54, 1.807) is 12.1 Å². The summed E-state index contributed by atoms with van der Waals surface area (Å²) in [6.07, 6.45) is 0. The van der Waals surface area contributed by atoms with Crippen molar-refractivity contribution in [3.63, 3.8) is 0 Å². The number of hydrogen-bond donors (Lipinski definition) is 0. The molecule has 0 saturated carbocycles. The molecule has 2 heterocycles. The van der Waals surface area contributed by atoms with E-state index in [0.717, 1.165) is 31.9 Å². The van der Waals surface area contributed by atoms with Gasteiger partial charge in [-0.05, 0) is 35.7 Å². The van der Waals surface area contributed by atoms with Crippen LogP contribution in [0.25, 0.3) is 0 Å². The molecule has 136 valence electrons. The minimum Gasteiger partial charge on any atom is -0.378 e. The number of nitrogens with zero attached hydrogens (tertiary/aromatic N) is 2. The van der Waals surface area contributed by atoms with Gasteiger partial charge < -0.3 is 9.64 Å². The molecule has 4 rings (SSSR count). The second-order valence-electron chi connectivity index (χ2n) is 6.71. The lowest BCUT2D eigenvalue weighted by Crippen LogP contribution is -2.36. The molecule has 0 bridgehead atoms. The molecule has 0 aliphatic carbocycles. The molecule has 26 heavy (non-hydrogen) atoms. The first-order valence-electron chi connectivity index (χ1n) is 8.90. The topological polar surface area (TPSA) is 49.9 Å². The number of ether oxygens (including phenoxy) is 1. The highest BCUT2D eigenvalue weighted by molar-refractivity contribution is 7.84. The number of hydrogen-bond acceptors (Lipinski definition) is 4. The SMILES string of the molecule is CC(CN1C(=O)c2ccccc2S1=O)c1cccc(N2CCOCC2)c1. The van der Waals surface area contributed by atoms with Crippen molar-refractivity contribution in [1.82, 2.24) is 4.31 Å². The number of anilines is 1. The molecule has 0 radical (unpaired) electrons. The van der Waals surface area contributed by atoms with Crippen LogP contribution in [0.5, 0.6) is 0 Å². The minimum atomic E-state index is -1.41. The smallest absolute Gasteiger partial charge is 0.267 e. The summed E-state index contributed by atoms with van der Waals surface area (Å²) in [6.45, 7) is 5.79. The molecule has 2 aliphatic heterocycles. The van der Waals surface area contributed by atoms with Crippen molar-refractivity contribution in [1.29, 1.82) is 0 Å². The molecule has 2 atom stereocenters. The highest BCUT2D eigenvalue weighted by Crippen LogP contribution is 2.30. The lowest BCUT2D eigenvalue weighted by molar-refractivity contribution is 0.0870. The van der Waals surface area contributed by atoms with E-state index in [1.165, 1.54) is 9.99 Å². The summed E-state index contributed by atoms with van der Waals surface area (Å²) >= 11 is 0. The fourth-order valence-corrected chi connectivity index (χ4v) is 4.86. The zero-order valence-corrected chi connectivity index (χ0v) is 15.6. The van der Waals surface area contributed by atoms with Crippen LogP contribution < -0.4 is 4.90 Å². The fourth-order valence-electron chi connectivity index (χ4n) is 3.48. The highest BCUT2D eigenvalue weighted by atomic mass is 32.2. The van der Waals surface area contributed by atoms with Crippen LogP contribution in [0.1, 0.15) is 28.8 Å². The van der Waals surface area contributed by atoms with E-state index in [0.29, 0.717) is 17.0 Å². The molecule has 2 aromatic rings. The van der Waals surface area contributed by atoms with Crippen LogP contribution in [0.4, 0.5) is 5.69 Å². The van der Waals surface area contributed by atoms with E-state index in [4.69, 9.17) is 4.74 Å². The largest absolute Gasteiger partial charge is 0.378 e. The number of rotatable bonds is 4. The molecule has 0 spiro atoms. The van der Waals surface area contributed by atoms with Crippen molar-refractivity contribution in [2.24, 2.45) is 0 Å². The Morgan fingerprint density at radius 2 is 1.88 bits per heavy atom. The van der Waals surface area contributed by atoms with E-state index < -0.39 is 11.0 Å². The summed E-state index contributed by atoms with van der Waals surface area (Å²) < 4.78 is 19.6. The Morgan fingerprint density at radius 3 is 2.65 bits per heavy atom. The summed E-state index contributed by atoms with van der Waals surface area (Å²) in [5.74, 6) is -0.0479. The predicted molar refractivity (Wildman–Crippen MR) is 102 cm³/mol. The Hall–Kier alpha value is -2.18. The first-order chi connectivity index (χ1) is 12.6. The Labute approximate surface area is 156 Å². The molecule has 2 aliphatic rings. The number of benzene rings is 2. The maximum absolute atomic E-state index is 12.7. The van der Waals surface area contributed by atoms with Gasteiger partial charge in [0.25, 0.3) is 5.91 Å². The first kappa shape index (κ1) is 17.2. The Balaban J connectivity index is 1.51. The molecule has 1 saturated heterocycles. The number of fused-ring (bicyclic) bond motifs is 1. The molecular weight excluding hydrogens is 348 g/mol. The summed E-state index contributed by atoms with van der Waals surface area (Å²) in [6, 6.07) is 15.6. The van der Waals surface area contributed by atoms with Gasteiger partial charge in [0.2, 0.25) is 0 Å². The number of amides is 1. The van der Waals surface area contributed by atoms with Gasteiger partial charge in [0, 0.05) is 25.3 Å². The van der Waals surface area contributed by atoms with Gasteiger partial charge in [-0.25, -0.2) is 4.21 Å². The van der Waals surface area contributed by atoms with Crippen molar-refractivity contribution in [2.75, 3.05) is 37.7 Å². The average Bonchev–Trinajstić information content (AvgIpc) is 2.94. The van der Waals surface area contributed by atoms with Gasteiger partial charge in [0.15, 0.2) is 11.0 Å². The normalized spacial score (nSPS) is 21.0. The summed E-state index contributed by atoms with van der Waals surface area (Å²) in [4.78, 5) is 15.5. The lowest BCUT2D eigenvalue weighted by atomic mass is 10.00. The van der Waals surface area contributed by atoms with Crippen molar-refractivity contribution < 1.29 is 13.7 Å². The van der Waals surface area contributed by atoms with E-state index in [9.17, 15) is 9.00 Å². The molecule has 2 unspecified atom stereocenters. The third kappa shape index (κ3) is 3.15. The van der Waals surface area contributed by atoms with Gasteiger partial charge >= 0.3 is 0 Å². The quantitative estimate of drug-likeness (QED) is 0.830. The van der Waals surface area contributed by atoms with E-state index in [2.05, 4.69) is 30.0 Å². The zero-order valence-electron chi connectivity index (χ0n) is 14.8. The minimum absolute atomic E-state index is 0.0956. The average molecular weight is 370 g/mol. The highest BCUT2D eigenvalue weighted by Gasteiger charge is 2.35. The van der Waals surface area contributed by atoms with Gasteiger partial charge in [-0.3, -0.25) is 9.10 Å². The van der Waals surface area contributed by atoms with Crippen LogP contribution in [0.2, 0.25) is 0 Å². The van der Waals surface area contributed by atoms with Crippen LogP contribution in [-0.4, -0.2) is 47.3 Å². The van der Waals surface area contributed by atoms with Crippen molar-refractivity contribution in [2.45, 2.75) is 17.7 Å². The van der Waals surface area contributed by atoms with Crippen molar-refractivity contribution in [3.8, 4) is 0 Å². The van der Waals surface area contributed by atoms with Crippen LogP contribution >= 0.6 is 0 Å². The van der Waals surface area contributed by atoms with Gasteiger partial charge in [-0.2, -0.15) is 0 Å². The van der Waals surface area contributed by atoms with Crippen LogP contribution in [-0.2, 0) is 15.7 Å². The third-order valence-electron chi connectivity index (χ3n) is 4.99. The summed E-state index contributed by atoms with van der Waals surface area (Å²) in [5, 5.41) is 0. The molecule has 1 fully saturated rings. The second-order valence-corrected chi connectivity index (χ2v) is 8.09. The number of carbonyl (C=O) groups excluding carboxylic acids is 1. The Kier molecular flexibility index (Phi) is 4.78. The molecule has 0 aromatic heterocycles. The van der Waals surface area contributed by atoms with Crippen LogP contribution in [0.15, 0.2) is 53.4 Å². The van der Waals surface area contributed by atoms with E-state index in [-0.39, 0.29) is 11.8 Å². The zero-order chi connectivity index (χ0) is 18.1. The van der Waals surface area contributed by atoms with Crippen molar-refractivity contribution >= 4 is 22.6 Å². The van der Waals surface area contributed by atoms with Gasteiger partial charge in [-0.15, -0.1) is 0 Å². The molecule has 5 nitrogen and oxygen atoms in total. The maximum atomic E-state index is 12.7. The monoisotopic (exact) mass is 370 g/mol. The van der Waals surface area contributed by atoms with E-state index >= 15 is 0 Å². The Bertz CT molecular complexity index is 813. The fraction of sp³-hybridized carbons (Fsp3) is 0.350. The van der Waals surface area contributed by atoms with Gasteiger partial charge in [0.1, 0.15) is 0 Å². The number of morpholine rings is 1. The van der Waals surface area contributed by atoms with E-state index in [1.807, 2.05) is 18.2 Å². The first-order valence-corrected chi connectivity index (χ1v) is 10.0. The molecule has 0 N–H and O–H groups in total. The van der Waals surface area contributed by atoms with Crippen LogP contribution in [0.3, 0.4) is 0 Å². The molecule has 2 aromatic carbocycles. The lowest BCUT2D eigenvalue weighted by Gasteiger charge is -2.29. The number of carbonyl (C=O) groups is 1. The van der Waals surface area contributed by atoms with Gasteiger partial charge in [-0.1, -0.05) is 31.2 Å². The summed E-state index contributed by atoms with van der Waals surface area (Å²) in [7, 11) is -1.41. The molecule has 1 amide bonds. The van der Waals surface area contributed by atoms with Crippen molar-refractivity contribution in [3.05, 3.63) is 59.7 Å². The second kappa shape index (κ2) is 7.21. The predicted octanol–water partition coefficient (Wildman–Crippen LogP) is 2.81. The standard InChI is InChI=1S/C20H22N2O3S/c1-15(14-22-20(23)18-7-2-3-8-19(18)26(22)24)16-5-4-6-17(13-16)21-9-11-25-12-10-21/h2-8,13,15H,9-12,14H2,1H3.